The molecule has 1 fully saturated rings. The van der Waals surface area contributed by atoms with E-state index in [4.69, 9.17) is 0 Å². The summed E-state index contributed by atoms with van der Waals surface area (Å²) in [6.45, 7) is 5.97. The summed E-state index contributed by atoms with van der Waals surface area (Å²) in [6, 6.07) is 2.34. The number of thiophene rings is 1. The fourth-order valence-electron chi connectivity index (χ4n) is 4.04. The number of amides is 1. The smallest absolute Gasteiger partial charge is 0.237 e. The van der Waals surface area contributed by atoms with Crippen molar-refractivity contribution in [3.05, 3.63) is 21.9 Å². The van der Waals surface area contributed by atoms with Crippen LogP contribution in [-0.4, -0.2) is 61.3 Å². The van der Waals surface area contributed by atoms with Crippen LogP contribution < -0.4 is 0 Å². The van der Waals surface area contributed by atoms with Gasteiger partial charge in [-0.15, -0.1) is 11.3 Å². The average Bonchev–Trinajstić information content (AvgIpc) is 3.14. The Labute approximate surface area is 148 Å². The molecule has 3 heterocycles. The van der Waals surface area contributed by atoms with Crippen molar-refractivity contribution in [1.29, 1.82) is 0 Å². The quantitative estimate of drug-likeness (QED) is 0.796. The largest absolute Gasteiger partial charge is 0.338 e. The van der Waals surface area contributed by atoms with E-state index >= 15 is 0 Å². The van der Waals surface area contributed by atoms with E-state index in [-0.39, 0.29) is 23.5 Å². The summed E-state index contributed by atoms with van der Waals surface area (Å²) in [6.07, 6.45) is 2.56. The summed E-state index contributed by atoms with van der Waals surface area (Å²) in [4.78, 5) is 18.3. The Kier molecular flexibility index (Phi) is 5.32. The van der Waals surface area contributed by atoms with Crippen LogP contribution in [0.2, 0.25) is 0 Å². The van der Waals surface area contributed by atoms with E-state index in [1.54, 1.807) is 4.90 Å². The third-order valence-corrected chi connectivity index (χ3v) is 7.99. The highest BCUT2D eigenvalue weighted by Crippen LogP contribution is 2.35. The Hall–Kier alpha value is -0.920. The molecule has 0 bridgehead atoms. The van der Waals surface area contributed by atoms with E-state index in [2.05, 4.69) is 23.3 Å². The second kappa shape index (κ2) is 7.14. The second-order valence-electron chi connectivity index (χ2n) is 6.68. The fraction of sp³-hybridized carbons (Fsp3) is 0.706. The number of rotatable bonds is 5. The van der Waals surface area contributed by atoms with Crippen molar-refractivity contribution in [2.24, 2.45) is 0 Å². The van der Waals surface area contributed by atoms with Crippen LogP contribution in [0.15, 0.2) is 11.4 Å². The van der Waals surface area contributed by atoms with E-state index in [0.29, 0.717) is 25.6 Å². The lowest BCUT2D eigenvalue weighted by Gasteiger charge is -2.37. The Balaban J connectivity index is 1.69. The van der Waals surface area contributed by atoms with Gasteiger partial charge in [0, 0.05) is 30.1 Å². The van der Waals surface area contributed by atoms with Gasteiger partial charge in [0.2, 0.25) is 5.91 Å². The number of carbonyl (C=O) groups is 1. The highest BCUT2D eigenvalue weighted by molar-refractivity contribution is 7.91. The zero-order chi connectivity index (χ0) is 17.3. The molecule has 0 saturated carbocycles. The van der Waals surface area contributed by atoms with Gasteiger partial charge in [0.25, 0.3) is 0 Å². The van der Waals surface area contributed by atoms with E-state index in [1.807, 2.05) is 18.3 Å². The van der Waals surface area contributed by atoms with Gasteiger partial charge in [0.1, 0.15) is 0 Å². The molecule has 2 aliphatic heterocycles. The molecule has 2 unspecified atom stereocenters. The van der Waals surface area contributed by atoms with Crippen LogP contribution >= 0.6 is 11.3 Å². The lowest BCUT2D eigenvalue weighted by Crippen LogP contribution is -2.48. The number of nitrogens with zero attached hydrogens (tertiary/aromatic N) is 2. The molecule has 7 heteroatoms. The molecule has 2 atom stereocenters. The van der Waals surface area contributed by atoms with Crippen molar-refractivity contribution in [3.8, 4) is 0 Å². The minimum absolute atomic E-state index is 0.0664. The van der Waals surface area contributed by atoms with Crippen molar-refractivity contribution >= 4 is 27.1 Å². The maximum atomic E-state index is 12.8. The maximum absolute atomic E-state index is 12.8. The van der Waals surface area contributed by atoms with Gasteiger partial charge in [0.15, 0.2) is 9.84 Å². The molecule has 1 amide bonds. The summed E-state index contributed by atoms with van der Waals surface area (Å²) >= 11 is 1.81. The molecule has 1 aromatic heterocycles. The second-order valence-corrected chi connectivity index (χ2v) is 9.91. The zero-order valence-corrected chi connectivity index (χ0v) is 16.0. The normalized spacial score (nSPS) is 26.2. The molecule has 1 aromatic rings. The van der Waals surface area contributed by atoms with E-state index in [0.717, 1.165) is 19.4 Å². The molecular formula is C17H26N2O3S2. The molecule has 24 heavy (non-hydrogen) atoms. The highest BCUT2D eigenvalue weighted by atomic mass is 32.2. The van der Waals surface area contributed by atoms with Crippen molar-refractivity contribution in [1.82, 2.24) is 9.80 Å². The summed E-state index contributed by atoms with van der Waals surface area (Å²) in [5, 5.41) is 2.14. The lowest BCUT2D eigenvalue weighted by atomic mass is 9.98. The molecule has 0 aromatic carbocycles. The van der Waals surface area contributed by atoms with Gasteiger partial charge in [-0.1, -0.05) is 6.92 Å². The summed E-state index contributed by atoms with van der Waals surface area (Å²) in [5.74, 6) is 0.399. The van der Waals surface area contributed by atoms with Gasteiger partial charge in [-0.25, -0.2) is 8.42 Å². The van der Waals surface area contributed by atoms with E-state index in [1.165, 1.54) is 10.4 Å². The first-order valence-corrected chi connectivity index (χ1v) is 11.5. The highest BCUT2D eigenvalue weighted by Gasteiger charge is 2.35. The van der Waals surface area contributed by atoms with Gasteiger partial charge in [-0.2, -0.15) is 0 Å². The predicted molar refractivity (Wildman–Crippen MR) is 97.1 cm³/mol. The number of likely N-dealkylation sites (N-methyl/N-ethyl adjacent to an activating group) is 1. The first-order valence-electron chi connectivity index (χ1n) is 8.75. The van der Waals surface area contributed by atoms with Crippen molar-refractivity contribution < 1.29 is 13.2 Å². The van der Waals surface area contributed by atoms with Gasteiger partial charge in [-0.05, 0) is 43.2 Å². The number of hydrogen-bond donors (Lipinski definition) is 0. The molecular weight excluding hydrogens is 344 g/mol. The number of sulfone groups is 1. The Morgan fingerprint density at radius 3 is 2.83 bits per heavy atom. The molecule has 3 rings (SSSR count). The predicted octanol–water partition coefficient (Wildman–Crippen LogP) is 2.09. The first-order chi connectivity index (χ1) is 11.4. The lowest BCUT2D eigenvalue weighted by molar-refractivity contribution is -0.134. The van der Waals surface area contributed by atoms with Crippen LogP contribution in [0.4, 0.5) is 0 Å². The number of carbonyl (C=O) groups excluding carboxylic acids is 1. The fourth-order valence-corrected chi connectivity index (χ4v) is 6.70. The van der Waals surface area contributed by atoms with E-state index in [9.17, 15) is 13.2 Å². The molecule has 2 aliphatic rings. The average molecular weight is 371 g/mol. The number of hydrogen-bond acceptors (Lipinski definition) is 5. The molecule has 5 nitrogen and oxygen atoms in total. The van der Waals surface area contributed by atoms with Crippen LogP contribution in [0.1, 0.15) is 43.2 Å². The molecule has 0 N–H and O–H groups in total. The molecule has 0 spiro atoms. The molecule has 0 aliphatic carbocycles. The third kappa shape index (κ3) is 3.53. The van der Waals surface area contributed by atoms with Crippen molar-refractivity contribution in [3.63, 3.8) is 0 Å². The summed E-state index contributed by atoms with van der Waals surface area (Å²) < 4.78 is 23.5. The number of fused-ring (bicyclic) bond motifs is 1. The Bertz CT molecular complexity index is 698. The monoisotopic (exact) mass is 370 g/mol. The molecule has 134 valence electrons. The van der Waals surface area contributed by atoms with Crippen LogP contribution in [0.3, 0.4) is 0 Å². The Morgan fingerprint density at radius 2 is 2.21 bits per heavy atom. The molecule has 1 saturated heterocycles. The van der Waals surface area contributed by atoms with Crippen LogP contribution in [0.25, 0.3) is 0 Å². The maximum Gasteiger partial charge on any atom is 0.237 e. The van der Waals surface area contributed by atoms with E-state index < -0.39 is 9.84 Å². The summed E-state index contributed by atoms with van der Waals surface area (Å²) in [5.41, 5.74) is 1.37. The Morgan fingerprint density at radius 1 is 1.42 bits per heavy atom. The SMILES string of the molecule is CCC1c2ccsc2CCN1CC(=O)N(CC)C1CCS(=O)(=O)C1. The van der Waals surface area contributed by atoms with Crippen molar-refractivity contribution in [2.45, 2.75) is 45.2 Å². The van der Waals surface area contributed by atoms with Gasteiger partial charge in [0.05, 0.1) is 18.1 Å². The van der Waals surface area contributed by atoms with Gasteiger partial charge >= 0.3 is 0 Å². The van der Waals surface area contributed by atoms with Gasteiger partial charge in [-0.3, -0.25) is 9.69 Å². The van der Waals surface area contributed by atoms with Crippen molar-refractivity contribution in [2.75, 3.05) is 31.1 Å². The van der Waals surface area contributed by atoms with Gasteiger partial charge < -0.3 is 4.90 Å². The topological polar surface area (TPSA) is 57.7 Å². The summed E-state index contributed by atoms with van der Waals surface area (Å²) in [7, 11) is -2.97. The van der Waals surface area contributed by atoms with Crippen LogP contribution in [0, 0.1) is 0 Å². The van der Waals surface area contributed by atoms with Crippen LogP contribution in [-0.2, 0) is 21.1 Å². The zero-order valence-electron chi connectivity index (χ0n) is 14.4. The minimum atomic E-state index is -2.97. The minimum Gasteiger partial charge on any atom is -0.338 e. The molecule has 0 radical (unpaired) electrons. The first kappa shape index (κ1) is 17.9. The third-order valence-electron chi connectivity index (χ3n) is 5.24. The van der Waals surface area contributed by atoms with Crippen LogP contribution in [0.5, 0.6) is 0 Å². The standard InChI is InChI=1S/C17H26N2O3S2/c1-3-15-14-6-9-23-16(14)5-8-18(15)11-17(20)19(4-2)13-7-10-24(21,22)12-13/h6,9,13,15H,3-5,7-8,10-12H2,1-2H3.